The molecule has 3 amide bonds. The Bertz CT molecular complexity index is 901. The molecule has 1 spiro atoms. The number of ether oxygens (including phenoxy) is 1. The summed E-state index contributed by atoms with van der Waals surface area (Å²) in [5.74, 6) is -1.75. The number of unbranched alkanes of at least 4 members (excludes halogenated alkanes) is 3. The third-order valence-electron chi connectivity index (χ3n) is 8.10. The van der Waals surface area contributed by atoms with E-state index in [0.717, 1.165) is 32.1 Å². The number of rotatable bonds is 9. The molecule has 0 radical (unpaired) electrons. The molecule has 4 heterocycles. The average Bonchev–Trinajstić information content (AvgIpc) is 3.07. The highest BCUT2D eigenvalue weighted by Crippen LogP contribution is 2.57. The summed E-state index contributed by atoms with van der Waals surface area (Å²) < 4.78 is 6.81. The second-order valence-electron chi connectivity index (χ2n) is 10.8. The third-order valence-corrected chi connectivity index (χ3v) is 8.10. The van der Waals surface area contributed by atoms with Crippen LogP contribution in [0, 0.1) is 11.8 Å². The molecule has 194 valence electrons. The third kappa shape index (κ3) is 4.22. The van der Waals surface area contributed by atoms with Crippen LogP contribution >= 0.6 is 0 Å². The lowest BCUT2D eigenvalue weighted by Crippen LogP contribution is -2.57. The summed E-state index contributed by atoms with van der Waals surface area (Å²) in [4.78, 5) is 47.3. The first kappa shape index (κ1) is 25.9. The molecule has 4 aliphatic heterocycles. The lowest BCUT2D eigenvalue weighted by molar-refractivity contribution is -0.153. The van der Waals surface area contributed by atoms with E-state index in [1.165, 1.54) is 0 Å². The van der Waals surface area contributed by atoms with Crippen LogP contribution in [0.2, 0.25) is 0 Å². The molecule has 1 N–H and O–H groups in total. The molecule has 1 unspecified atom stereocenters. The molecule has 0 aromatic carbocycles. The molecule has 0 aromatic rings. The molecule has 0 aromatic heterocycles. The topological polar surface area (TPSA) is 90.4 Å². The average molecular weight is 488 g/mol. The summed E-state index contributed by atoms with van der Waals surface area (Å²) >= 11 is 0. The Kier molecular flexibility index (Phi) is 7.44. The van der Waals surface area contributed by atoms with E-state index >= 15 is 0 Å². The van der Waals surface area contributed by atoms with Crippen LogP contribution in [-0.2, 0) is 19.1 Å². The number of nitrogens with zero attached hydrogens (tertiary/aromatic N) is 3. The Balaban J connectivity index is 1.75. The number of hydrogen-bond donors (Lipinski definition) is 1. The lowest BCUT2D eigenvalue weighted by Gasteiger charge is -2.38. The molecule has 5 atom stereocenters. The molecular weight excluding hydrogens is 446 g/mol. The zero-order chi connectivity index (χ0) is 25.4. The van der Waals surface area contributed by atoms with E-state index in [2.05, 4.69) is 0 Å². The summed E-state index contributed by atoms with van der Waals surface area (Å²) in [7, 11) is 0. The van der Waals surface area contributed by atoms with Crippen LogP contribution in [0.15, 0.2) is 24.3 Å². The molecule has 2 saturated heterocycles. The summed E-state index contributed by atoms with van der Waals surface area (Å²) in [5.41, 5.74) is -2.12. The first-order valence-corrected chi connectivity index (χ1v) is 13.3. The van der Waals surface area contributed by atoms with Crippen molar-refractivity contribution in [3.8, 4) is 0 Å². The second-order valence-corrected chi connectivity index (χ2v) is 10.8. The maximum Gasteiger partial charge on any atom is 0.249 e. The van der Waals surface area contributed by atoms with Crippen LogP contribution in [0.4, 0.5) is 0 Å². The van der Waals surface area contributed by atoms with Gasteiger partial charge in [0.25, 0.3) is 0 Å². The van der Waals surface area contributed by atoms with Gasteiger partial charge in [-0.15, -0.1) is 0 Å². The highest BCUT2D eigenvalue weighted by Gasteiger charge is 2.74. The maximum absolute atomic E-state index is 14.1. The molecule has 8 nitrogen and oxygen atoms in total. The first-order chi connectivity index (χ1) is 16.7. The van der Waals surface area contributed by atoms with E-state index in [4.69, 9.17) is 9.84 Å². The Labute approximate surface area is 208 Å². The van der Waals surface area contributed by atoms with Crippen LogP contribution in [0.25, 0.3) is 0 Å². The van der Waals surface area contributed by atoms with Crippen molar-refractivity contribution in [3.05, 3.63) is 24.3 Å². The van der Waals surface area contributed by atoms with Crippen LogP contribution < -0.4 is 0 Å². The van der Waals surface area contributed by atoms with Crippen molar-refractivity contribution in [1.29, 1.82) is 0 Å². The first-order valence-electron chi connectivity index (χ1n) is 13.3. The van der Waals surface area contributed by atoms with Crippen LogP contribution in [0.1, 0.15) is 59.8 Å². The van der Waals surface area contributed by atoms with E-state index in [1.807, 2.05) is 56.9 Å². The Morgan fingerprint density at radius 2 is 1.69 bits per heavy atom. The van der Waals surface area contributed by atoms with E-state index in [9.17, 15) is 14.4 Å². The molecule has 35 heavy (non-hydrogen) atoms. The minimum Gasteiger partial charge on any atom is -0.396 e. The molecule has 8 heteroatoms. The number of likely N-dealkylation sites (tertiary alicyclic amines) is 1. The fraction of sp³-hybridized carbons (Fsp3) is 0.741. The summed E-state index contributed by atoms with van der Waals surface area (Å²) in [6, 6.07) is -0.810. The zero-order valence-corrected chi connectivity index (χ0v) is 21.6. The standard InChI is InChI=1S/C27H41N3O5/c1-5-14-28-15-10-12-26(4)20(23(28)32)21-24(33)30(16-8-6-7-9-18-31)22-25(34)29(19(2)3)17-11-13-27(21,22)35-26/h10-13,19-22,31H,5-9,14-18H2,1-4H3/t20-,21-,22?,26+,27-/m0/s1. The van der Waals surface area contributed by atoms with Gasteiger partial charge in [-0.1, -0.05) is 44.1 Å². The van der Waals surface area contributed by atoms with Gasteiger partial charge in [-0.3, -0.25) is 14.4 Å². The predicted octanol–water partition coefficient (Wildman–Crippen LogP) is 2.13. The monoisotopic (exact) mass is 487 g/mol. The van der Waals surface area contributed by atoms with Crippen molar-refractivity contribution in [2.24, 2.45) is 11.8 Å². The lowest BCUT2D eigenvalue weighted by atomic mass is 9.74. The largest absolute Gasteiger partial charge is 0.396 e. The number of fused-ring (bicyclic) bond motifs is 2. The number of aliphatic hydroxyl groups is 1. The second kappa shape index (κ2) is 10.1. The number of hydrogen-bond acceptors (Lipinski definition) is 5. The van der Waals surface area contributed by atoms with Gasteiger partial charge in [0.1, 0.15) is 11.6 Å². The number of amides is 3. The Morgan fingerprint density at radius 3 is 2.37 bits per heavy atom. The van der Waals surface area contributed by atoms with Crippen molar-refractivity contribution >= 4 is 17.7 Å². The van der Waals surface area contributed by atoms with Gasteiger partial charge >= 0.3 is 0 Å². The summed E-state index contributed by atoms with van der Waals surface area (Å²) in [6.45, 7) is 10.1. The van der Waals surface area contributed by atoms with E-state index in [1.54, 1.807) is 9.80 Å². The van der Waals surface area contributed by atoms with Crippen molar-refractivity contribution < 1.29 is 24.2 Å². The van der Waals surface area contributed by atoms with E-state index < -0.39 is 29.1 Å². The van der Waals surface area contributed by atoms with E-state index in [-0.39, 0.29) is 30.4 Å². The highest BCUT2D eigenvalue weighted by atomic mass is 16.5. The van der Waals surface area contributed by atoms with Gasteiger partial charge in [-0.05, 0) is 40.0 Å². The minimum atomic E-state index is -1.17. The van der Waals surface area contributed by atoms with Crippen molar-refractivity contribution in [3.63, 3.8) is 0 Å². The quantitative estimate of drug-likeness (QED) is 0.398. The highest BCUT2D eigenvalue weighted by molar-refractivity contribution is 6.00. The molecule has 0 bridgehead atoms. The normalized spacial score (nSPS) is 34.4. The summed E-state index contributed by atoms with van der Waals surface area (Å²) in [5, 5.41) is 9.09. The van der Waals surface area contributed by atoms with Crippen molar-refractivity contribution in [2.45, 2.75) is 83.1 Å². The van der Waals surface area contributed by atoms with Crippen molar-refractivity contribution in [1.82, 2.24) is 14.7 Å². The molecule has 0 saturated carbocycles. The summed E-state index contributed by atoms with van der Waals surface area (Å²) in [6.07, 6.45) is 11.8. The molecular formula is C27H41N3O5. The fourth-order valence-electron chi connectivity index (χ4n) is 6.51. The van der Waals surface area contributed by atoms with Crippen LogP contribution in [-0.4, -0.2) is 93.6 Å². The van der Waals surface area contributed by atoms with Crippen molar-refractivity contribution in [2.75, 3.05) is 32.8 Å². The van der Waals surface area contributed by atoms with Crippen LogP contribution in [0.3, 0.4) is 0 Å². The van der Waals surface area contributed by atoms with E-state index in [0.29, 0.717) is 26.2 Å². The van der Waals surface area contributed by atoms with Gasteiger partial charge < -0.3 is 24.5 Å². The Hall–Kier alpha value is -2.19. The Morgan fingerprint density at radius 1 is 0.971 bits per heavy atom. The molecule has 2 fully saturated rings. The number of carbonyl (C=O) groups is 3. The minimum absolute atomic E-state index is 0.0214. The van der Waals surface area contributed by atoms with Gasteiger partial charge in [0, 0.05) is 38.8 Å². The van der Waals surface area contributed by atoms with Gasteiger partial charge in [0.05, 0.1) is 17.4 Å². The van der Waals surface area contributed by atoms with Gasteiger partial charge in [-0.25, -0.2) is 0 Å². The molecule has 4 rings (SSSR count). The van der Waals surface area contributed by atoms with Gasteiger partial charge in [0.15, 0.2) is 0 Å². The maximum atomic E-state index is 14.1. The van der Waals surface area contributed by atoms with Gasteiger partial charge in [-0.2, -0.15) is 0 Å². The molecule has 0 aliphatic carbocycles. The SMILES string of the molecule is CCCN1CC=C[C@@]2(C)O[C@]34C=CCN(C(C)C)C(=O)C3N(CCCCCCO)C(=O)[C@@H]4[C@H]2C1=O. The number of carbonyl (C=O) groups excluding carboxylic acids is 3. The van der Waals surface area contributed by atoms with Gasteiger partial charge in [0.2, 0.25) is 17.7 Å². The number of aliphatic hydroxyl groups excluding tert-OH is 1. The predicted molar refractivity (Wildman–Crippen MR) is 132 cm³/mol. The van der Waals surface area contributed by atoms with Crippen LogP contribution in [0.5, 0.6) is 0 Å². The zero-order valence-electron chi connectivity index (χ0n) is 21.6. The smallest absolute Gasteiger partial charge is 0.249 e. The fourth-order valence-corrected chi connectivity index (χ4v) is 6.51. The molecule has 4 aliphatic rings.